The number of carbonyl (C=O) groups is 1. The van der Waals surface area contributed by atoms with Crippen molar-refractivity contribution in [2.45, 2.75) is 19.9 Å². The van der Waals surface area contributed by atoms with Crippen molar-refractivity contribution in [3.8, 4) is 11.5 Å². The van der Waals surface area contributed by atoms with E-state index in [4.69, 9.17) is 14.2 Å². The van der Waals surface area contributed by atoms with E-state index >= 15 is 0 Å². The van der Waals surface area contributed by atoms with Crippen LogP contribution in [0.3, 0.4) is 0 Å². The zero-order valence-corrected chi connectivity index (χ0v) is 23.9. The summed E-state index contributed by atoms with van der Waals surface area (Å²) in [5.41, 5.74) is 3.18. The Kier molecular flexibility index (Phi) is 7.89. The maximum atomic E-state index is 13.8. The van der Waals surface area contributed by atoms with Crippen LogP contribution in [0.5, 0.6) is 11.5 Å². The third kappa shape index (κ3) is 5.08. The first-order valence-corrected chi connectivity index (χ1v) is 13.2. The second-order valence-electron chi connectivity index (χ2n) is 8.52. The highest BCUT2D eigenvalue weighted by molar-refractivity contribution is 9.10. The molecule has 8 nitrogen and oxygen atoms in total. The SMILES string of the molecule is CCOC(=O)C1=C(C)N=c2s/c(=C/c3cc(OC)c(OC)cc3Br)c(=O)n2C1c1ccc(N(C)C)cc1. The number of esters is 1. The first-order valence-electron chi connectivity index (χ1n) is 11.6. The van der Waals surface area contributed by atoms with Crippen molar-refractivity contribution in [2.75, 3.05) is 39.8 Å². The topological polar surface area (TPSA) is 82.4 Å². The van der Waals surface area contributed by atoms with Gasteiger partial charge >= 0.3 is 5.97 Å². The zero-order valence-electron chi connectivity index (χ0n) is 21.5. The molecule has 3 aromatic rings. The quantitative estimate of drug-likeness (QED) is 0.394. The Balaban J connectivity index is 1.94. The average molecular weight is 587 g/mol. The molecular weight excluding hydrogens is 558 g/mol. The zero-order chi connectivity index (χ0) is 26.9. The maximum Gasteiger partial charge on any atom is 0.338 e. The lowest BCUT2D eigenvalue weighted by molar-refractivity contribution is -0.139. The van der Waals surface area contributed by atoms with Crippen LogP contribution in [0, 0.1) is 0 Å². The van der Waals surface area contributed by atoms with Crippen molar-refractivity contribution in [2.24, 2.45) is 4.99 Å². The number of thiazole rings is 1. The van der Waals surface area contributed by atoms with Crippen molar-refractivity contribution in [3.63, 3.8) is 0 Å². The number of carbonyl (C=O) groups excluding carboxylic acids is 1. The predicted molar refractivity (Wildman–Crippen MR) is 148 cm³/mol. The Morgan fingerprint density at radius 3 is 2.41 bits per heavy atom. The molecule has 0 radical (unpaired) electrons. The third-order valence-corrected chi connectivity index (χ3v) is 7.70. The summed E-state index contributed by atoms with van der Waals surface area (Å²) in [7, 11) is 7.04. The van der Waals surface area contributed by atoms with Crippen LogP contribution >= 0.6 is 27.3 Å². The number of methoxy groups -OCH3 is 2. The molecule has 0 spiro atoms. The molecular formula is C27H28BrN3O5S. The Labute approximate surface area is 227 Å². The number of halogens is 1. The second-order valence-corrected chi connectivity index (χ2v) is 10.4. The lowest BCUT2D eigenvalue weighted by atomic mass is 9.95. The maximum absolute atomic E-state index is 13.8. The number of benzene rings is 2. The van der Waals surface area contributed by atoms with E-state index in [0.29, 0.717) is 32.1 Å². The largest absolute Gasteiger partial charge is 0.493 e. The van der Waals surface area contributed by atoms with E-state index in [1.165, 1.54) is 11.3 Å². The van der Waals surface area contributed by atoms with Crippen LogP contribution in [0.25, 0.3) is 6.08 Å². The summed E-state index contributed by atoms with van der Waals surface area (Å²) >= 11 is 4.83. The van der Waals surface area contributed by atoms with Gasteiger partial charge in [0.2, 0.25) is 0 Å². The fraction of sp³-hybridized carbons (Fsp3) is 0.296. The fourth-order valence-electron chi connectivity index (χ4n) is 4.18. The third-order valence-electron chi connectivity index (χ3n) is 6.03. The van der Waals surface area contributed by atoms with Crippen LogP contribution in [0.2, 0.25) is 0 Å². The van der Waals surface area contributed by atoms with Gasteiger partial charge in [-0.3, -0.25) is 9.36 Å². The highest BCUT2D eigenvalue weighted by Crippen LogP contribution is 2.34. The van der Waals surface area contributed by atoms with Gasteiger partial charge in [0.05, 0.1) is 42.7 Å². The number of allylic oxidation sites excluding steroid dienone is 1. The minimum Gasteiger partial charge on any atom is -0.493 e. The van der Waals surface area contributed by atoms with Gasteiger partial charge in [0.15, 0.2) is 16.3 Å². The van der Waals surface area contributed by atoms with E-state index in [9.17, 15) is 9.59 Å². The van der Waals surface area contributed by atoms with Crippen molar-refractivity contribution in [1.29, 1.82) is 0 Å². The molecule has 194 valence electrons. The van der Waals surface area contributed by atoms with Gasteiger partial charge in [-0.1, -0.05) is 39.4 Å². The van der Waals surface area contributed by atoms with Crippen LogP contribution in [-0.2, 0) is 9.53 Å². The van der Waals surface area contributed by atoms with E-state index in [2.05, 4.69) is 20.9 Å². The van der Waals surface area contributed by atoms with Gasteiger partial charge < -0.3 is 19.1 Å². The van der Waals surface area contributed by atoms with E-state index in [1.807, 2.05) is 43.3 Å². The number of nitrogens with zero attached hydrogens (tertiary/aromatic N) is 3. The van der Waals surface area contributed by atoms with Gasteiger partial charge in [-0.05, 0) is 55.3 Å². The number of hydrogen-bond acceptors (Lipinski definition) is 8. The molecule has 1 aliphatic rings. The number of anilines is 1. The molecule has 0 aliphatic carbocycles. The molecule has 1 aromatic heterocycles. The summed E-state index contributed by atoms with van der Waals surface area (Å²) in [5.74, 6) is 0.634. The summed E-state index contributed by atoms with van der Waals surface area (Å²) in [6.07, 6.45) is 1.78. The number of fused-ring (bicyclic) bond motifs is 1. The highest BCUT2D eigenvalue weighted by Gasteiger charge is 2.33. The van der Waals surface area contributed by atoms with Gasteiger partial charge in [0, 0.05) is 24.3 Å². The molecule has 2 aromatic carbocycles. The molecule has 0 fully saturated rings. The standard InChI is InChI=1S/C27H28BrN3O5S/c1-7-36-26(33)23-15(2)29-27-31(24(23)16-8-10-18(11-9-16)30(3)4)25(32)22(37-27)13-17-12-20(34-5)21(35-6)14-19(17)28/h8-14,24H,7H2,1-6H3/b22-13+. The molecule has 4 rings (SSSR count). The van der Waals surface area contributed by atoms with Gasteiger partial charge in [0.25, 0.3) is 5.56 Å². The molecule has 1 unspecified atom stereocenters. The first-order chi connectivity index (χ1) is 17.7. The van der Waals surface area contributed by atoms with Crippen LogP contribution < -0.4 is 29.3 Å². The highest BCUT2D eigenvalue weighted by atomic mass is 79.9. The van der Waals surface area contributed by atoms with Crippen LogP contribution in [0.15, 0.2) is 61.9 Å². The predicted octanol–water partition coefficient (Wildman–Crippen LogP) is 3.64. The number of rotatable bonds is 7. The van der Waals surface area contributed by atoms with E-state index < -0.39 is 12.0 Å². The van der Waals surface area contributed by atoms with Crippen LogP contribution in [-0.4, -0.2) is 45.5 Å². The Bertz CT molecular complexity index is 1550. The van der Waals surface area contributed by atoms with E-state index in [-0.39, 0.29) is 12.2 Å². The number of hydrogen-bond donors (Lipinski definition) is 0. The Morgan fingerprint density at radius 1 is 1.16 bits per heavy atom. The van der Waals surface area contributed by atoms with Gasteiger partial charge in [-0.2, -0.15) is 0 Å². The number of ether oxygens (including phenoxy) is 3. The normalized spacial score (nSPS) is 15.2. The molecule has 0 saturated heterocycles. The minimum absolute atomic E-state index is 0.222. The van der Waals surface area contributed by atoms with Crippen molar-refractivity contribution in [3.05, 3.63) is 83.0 Å². The Hall–Kier alpha value is -3.37. The van der Waals surface area contributed by atoms with Gasteiger partial charge in [-0.25, -0.2) is 9.79 Å². The molecule has 0 amide bonds. The smallest absolute Gasteiger partial charge is 0.338 e. The summed E-state index contributed by atoms with van der Waals surface area (Å²) < 4.78 is 19.0. The second kappa shape index (κ2) is 10.9. The molecule has 0 bridgehead atoms. The molecule has 1 aliphatic heterocycles. The van der Waals surface area contributed by atoms with E-state index in [1.54, 1.807) is 50.8 Å². The monoisotopic (exact) mass is 585 g/mol. The van der Waals surface area contributed by atoms with Crippen LogP contribution in [0.4, 0.5) is 5.69 Å². The fourth-order valence-corrected chi connectivity index (χ4v) is 5.66. The molecule has 37 heavy (non-hydrogen) atoms. The summed E-state index contributed by atoms with van der Waals surface area (Å²) in [6, 6.07) is 10.7. The van der Waals surface area contributed by atoms with Crippen molar-refractivity contribution in [1.82, 2.24) is 4.57 Å². The molecule has 1 atom stereocenters. The van der Waals surface area contributed by atoms with Gasteiger partial charge in [-0.15, -0.1) is 0 Å². The lowest BCUT2D eigenvalue weighted by Gasteiger charge is -2.25. The number of aromatic nitrogens is 1. The van der Waals surface area contributed by atoms with Gasteiger partial charge in [0.1, 0.15) is 0 Å². The molecule has 10 heteroatoms. The Morgan fingerprint density at radius 2 is 1.81 bits per heavy atom. The lowest BCUT2D eigenvalue weighted by Crippen LogP contribution is -2.40. The minimum atomic E-state index is -0.664. The summed E-state index contributed by atoms with van der Waals surface area (Å²) in [4.78, 5) is 34.0. The average Bonchev–Trinajstić information content (AvgIpc) is 3.18. The van der Waals surface area contributed by atoms with Crippen molar-refractivity contribution < 1.29 is 19.0 Å². The van der Waals surface area contributed by atoms with E-state index in [0.717, 1.165) is 21.3 Å². The van der Waals surface area contributed by atoms with Crippen molar-refractivity contribution >= 4 is 45.0 Å². The first kappa shape index (κ1) is 26.7. The summed E-state index contributed by atoms with van der Waals surface area (Å²) in [6.45, 7) is 3.75. The molecule has 0 saturated carbocycles. The summed E-state index contributed by atoms with van der Waals surface area (Å²) in [5, 5.41) is 0. The molecule has 0 N–H and O–H groups in total. The molecule has 2 heterocycles. The van der Waals surface area contributed by atoms with Crippen LogP contribution in [0.1, 0.15) is 31.0 Å².